The Hall–Kier alpha value is -1.72. The highest BCUT2D eigenvalue weighted by atomic mass is 35.5. The van der Waals surface area contributed by atoms with Crippen LogP contribution in [0.25, 0.3) is 0 Å². The molecule has 1 atom stereocenters. The zero-order valence-corrected chi connectivity index (χ0v) is 14.9. The summed E-state index contributed by atoms with van der Waals surface area (Å²) in [5.74, 6) is 1.50. The molecule has 0 aliphatic heterocycles. The Bertz CT molecular complexity index is 666. The Morgan fingerprint density at radius 3 is 2.67 bits per heavy atom. The van der Waals surface area contributed by atoms with E-state index < -0.39 is 6.10 Å². The number of nitrogens with one attached hydrogen (secondary N) is 1. The fourth-order valence-corrected chi connectivity index (χ4v) is 2.93. The minimum Gasteiger partial charge on any atom is -0.481 e. The summed E-state index contributed by atoms with van der Waals surface area (Å²) in [5.41, 5.74) is 0.674. The van der Waals surface area contributed by atoms with Gasteiger partial charge >= 0.3 is 0 Å². The van der Waals surface area contributed by atoms with Crippen LogP contribution in [0.15, 0.2) is 48.5 Å². The number of carbonyl (C=O) groups is 1. The van der Waals surface area contributed by atoms with Crippen LogP contribution in [0.5, 0.6) is 5.75 Å². The first-order valence-corrected chi connectivity index (χ1v) is 9.10. The summed E-state index contributed by atoms with van der Waals surface area (Å²) < 4.78 is 19.0. The highest BCUT2D eigenvalue weighted by Gasteiger charge is 2.13. The topological polar surface area (TPSA) is 38.3 Å². The molecule has 2 aromatic rings. The molecule has 0 fully saturated rings. The first-order valence-electron chi connectivity index (χ1n) is 7.57. The van der Waals surface area contributed by atoms with Crippen LogP contribution < -0.4 is 10.1 Å². The second-order valence-corrected chi connectivity index (χ2v) is 6.69. The van der Waals surface area contributed by atoms with Gasteiger partial charge in [-0.2, -0.15) is 11.8 Å². The zero-order chi connectivity index (χ0) is 17.4. The Labute approximate surface area is 150 Å². The SMILES string of the molecule is C[C@H](Oc1ccc(Cl)cc1)C(=O)NCCSCc1ccccc1F. The lowest BCUT2D eigenvalue weighted by Crippen LogP contribution is -2.37. The van der Waals surface area contributed by atoms with Crippen LogP contribution in [-0.2, 0) is 10.5 Å². The number of thioether (sulfide) groups is 1. The van der Waals surface area contributed by atoms with Crippen molar-refractivity contribution in [3.63, 3.8) is 0 Å². The molecule has 0 aliphatic rings. The number of benzene rings is 2. The third-order valence-electron chi connectivity index (χ3n) is 3.26. The number of amides is 1. The van der Waals surface area contributed by atoms with Gasteiger partial charge in [-0.3, -0.25) is 4.79 Å². The highest BCUT2D eigenvalue weighted by molar-refractivity contribution is 7.98. The fourth-order valence-electron chi connectivity index (χ4n) is 1.96. The van der Waals surface area contributed by atoms with Crippen molar-refractivity contribution in [1.29, 1.82) is 0 Å². The van der Waals surface area contributed by atoms with Gasteiger partial charge in [-0.25, -0.2) is 4.39 Å². The van der Waals surface area contributed by atoms with Crippen molar-refractivity contribution in [3.8, 4) is 5.75 Å². The summed E-state index contributed by atoms with van der Waals surface area (Å²) in [6.07, 6.45) is -0.595. The molecule has 24 heavy (non-hydrogen) atoms. The second-order valence-electron chi connectivity index (χ2n) is 5.15. The molecular weight excluding hydrogens is 349 g/mol. The van der Waals surface area contributed by atoms with Crippen molar-refractivity contribution in [2.45, 2.75) is 18.8 Å². The Balaban J connectivity index is 1.65. The van der Waals surface area contributed by atoms with Crippen molar-refractivity contribution in [1.82, 2.24) is 5.32 Å². The van der Waals surface area contributed by atoms with E-state index in [0.29, 0.717) is 34.4 Å². The molecule has 1 amide bonds. The van der Waals surface area contributed by atoms with E-state index in [2.05, 4.69) is 5.32 Å². The van der Waals surface area contributed by atoms with Gasteiger partial charge in [0.25, 0.3) is 5.91 Å². The van der Waals surface area contributed by atoms with Crippen LogP contribution in [0.3, 0.4) is 0 Å². The molecule has 0 bridgehead atoms. The summed E-state index contributed by atoms with van der Waals surface area (Å²) in [7, 11) is 0. The maximum Gasteiger partial charge on any atom is 0.260 e. The number of ether oxygens (including phenoxy) is 1. The van der Waals surface area contributed by atoms with Crippen molar-refractivity contribution in [3.05, 3.63) is 64.9 Å². The number of hydrogen-bond donors (Lipinski definition) is 1. The molecule has 0 saturated carbocycles. The Morgan fingerprint density at radius 1 is 1.25 bits per heavy atom. The molecule has 2 rings (SSSR count). The summed E-state index contributed by atoms with van der Waals surface area (Å²) in [5, 5.41) is 3.43. The van der Waals surface area contributed by atoms with E-state index in [1.807, 2.05) is 6.07 Å². The van der Waals surface area contributed by atoms with E-state index in [0.717, 1.165) is 0 Å². The lowest BCUT2D eigenvalue weighted by Gasteiger charge is -2.14. The van der Waals surface area contributed by atoms with Gasteiger partial charge in [-0.1, -0.05) is 29.8 Å². The number of rotatable bonds is 8. The largest absolute Gasteiger partial charge is 0.481 e. The minimum atomic E-state index is -0.595. The molecule has 6 heteroatoms. The molecule has 0 unspecified atom stereocenters. The quantitative estimate of drug-likeness (QED) is 0.707. The lowest BCUT2D eigenvalue weighted by atomic mass is 10.2. The van der Waals surface area contributed by atoms with Gasteiger partial charge < -0.3 is 10.1 Å². The maximum absolute atomic E-state index is 13.5. The van der Waals surface area contributed by atoms with E-state index in [1.54, 1.807) is 55.1 Å². The average Bonchev–Trinajstić information content (AvgIpc) is 2.58. The molecule has 1 N–H and O–H groups in total. The normalized spacial score (nSPS) is 11.8. The summed E-state index contributed by atoms with van der Waals surface area (Å²) in [6.45, 7) is 2.20. The van der Waals surface area contributed by atoms with Crippen LogP contribution in [0, 0.1) is 5.82 Å². The summed E-state index contributed by atoms with van der Waals surface area (Å²) >= 11 is 7.37. The number of carbonyl (C=O) groups excluding carboxylic acids is 1. The number of hydrogen-bond acceptors (Lipinski definition) is 3. The fraction of sp³-hybridized carbons (Fsp3) is 0.278. The van der Waals surface area contributed by atoms with Crippen LogP contribution in [-0.4, -0.2) is 24.3 Å². The smallest absolute Gasteiger partial charge is 0.260 e. The van der Waals surface area contributed by atoms with Crippen LogP contribution in [0.1, 0.15) is 12.5 Å². The number of halogens is 2. The molecular formula is C18H19ClFNO2S. The van der Waals surface area contributed by atoms with Crippen molar-refractivity contribution in [2.75, 3.05) is 12.3 Å². The first-order chi connectivity index (χ1) is 11.6. The predicted octanol–water partition coefficient (Wildman–Crippen LogP) is 4.30. The molecule has 0 radical (unpaired) electrons. The second kappa shape index (κ2) is 9.55. The molecule has 0 heterocycles. The van der Waals surface area contributed by atoms with Gasteiger partial charge in [-0.15, -0.1) is 0 Å². The third kappa shape index (κ3) is 6.06. The molecule has 128 valence electrons. The average molecular weight is 368 g/mol. The first kappa shape index (κ1) is 18.6. The van der Waals surface area contributed by atoms with Gasteiger partial charge in [0.2, 0.25) is 0 Å². The maximum atomic E-state index is 13.5. The lowest BCUT2D eigenvalue weighted by molar-refractivity contribution is -0.127. The van der Waals surface area contributed by atoms with E-state index in [1.165, 1.54) is 6.07 Å². The van der Waals surface area contributed by atoms with Gasteiger partial charge in [0.1, 0.15) is 11.6 Å². The zero-order valence-electron chi connectivity index (χ0n) is 13.3. The Kier molecular flexibility index (Phi) is 7.40. The molecule has 2 aromatic carbocycles. The monoisotopic (exact) mass is 367 g/mol. The standard InChI is InChI=1S/C18H19ClFNO2S/c1-13(23-16-8-6-15(19)7-9-16)18(22)21-10-11-24-12-14-4-2-3-5-17(14)20/h2-9,13H,10-12H2,1H3,(H,21,22)/t13-/m0/s1. The van der Waals surface area contributed by atoms with Crippen LogP contribution in [0.2, 0.25) is 5.02 Å². The Morgan fingerprint density at radius 2 is 1.96 bits per heavy atom. The van der Waals surface area contributed by atoms with Crippen molar-refractivity contribution in [2.24, 2.45) is 0 Å². The van der Waals surface area contributed by atoms with Gasteiger partial charge in [0.15, 0.2) is 6.10 Å². The van der Waals surface area contributed by atoms with Gasteiger partial charge in [-0.05, 0) is 42.8 Å². The summed E-state index contributed by atoms with van der Waals surface area (Å²) in [4.78, 5) is 12.0. The van der Waals surface area contributed by atoms with E-state index in [-0.39, 0.29) is 11.7 Å². The minimum absolute atomic E-state index is 0.184. The van der Waals surface area contributed by atoms with Crippen molar-refractivity contribution < 1.29 is 13.9 Å². The predicted molar refractivity (Wildman–Crippen MR) is 97.1 cm³/mol. The highest BCUT2D eigenvalue weighted by Crippen LogP contribution is 2.17. The van der Waals surface area contributed by atoms with E-state index in [9.17, 15) is 9.18 Å². The van der Waals surface area contributed by atoms with Gasteiger partial charge in [0.05, 0.1) is 0 Å². The van der Waals surface area contributed by atoms with Crippen LogP contribution >= 0.6 is 23.4 Å². The van der Waals surface area contributed by atoms with Crippen LogP contribution in [0.4, 0.5) is 4.39 Å². The van der Waals surface area contributed by atoms with E-state index in [4.69, 9.17) is 16.3 Å². The van der Waals surface area contributed by atoms with Gasteiger partial charge in [0, 0.05) is 23.1 Å². The van der Waals surface area contributed by atoms with E-state index >= 15 is 0 Å². The summed E-state index contributed by atoms with van der Waals surface area (Å²) in [6, 6.07) is 13.6. The molecule has 0 spiro atoms. The third-order valence-corrected chi connectivity index (χ3v) is 4.52. The molecule has 0 aliphatic carbocycles. The van der Waals surface area contributed by atoms with Crippen molar-refractivity contribution >= 4 is 29.3 Å². The molecule has 3 nitrogen and oxygen atoms in total. The molecule has 0 saturated heterocycles. The molecule has 0 aromatic heterocycles.